The molecule has 32 heavy (non-hydrogen) atoms. The van der Waals surface area contributed by atoms with Crippen LogP contribution in [0.2, 0.25) is 0 Å². The molecule has 0 spiro atoms. The van der Waals surface area contributed by atoms with Gasteiger partial charge in [0.25, 0.3) is 5.91 Å². The van der Waals surface area contributed by atoms with E-state index in [4.69, 9.17) is 18.9 Å². The predicted octanol–water partition coefficient (Wildman–Crippen LogP) is 5.05. The van der Waals surface area contributed by atoms with E-state index in [2.05, 4.69) is 5.32 Å². The normalized spacial score (nSPS) is 10.6. The van der Waals surface area contributed by atoms with Crippen molar-refractivity contribution in [3.05, 3.63) is 77.9 Å². The fourth-order valence-electron chi connectivity index (χ4n) is 2.96. The molecule has 0 aliphatic rings. The van der Waals surface area contributed by atoms with E-state index in [0.29, 0.717) is 40.0 Å². The van der Waals surface area contributed by atoms with Gasteiger partial charge in [-0.3, -0.25) is 4.79 Å². The largest absolute Gasteiger partial charge is 0.493 e. The van der Waals surface area contributed by atoms with Gasteiger partial charge in [0.2, 0.25) is 5.75 Å². The number of benzene rings is 3. The number of methoxy groups -OCH3 is 3. The smallest absolute Gasteiger partial charge is 0.266 e. The summed E-state index contributed by atoms with van der Waals surface area (Å²) >= 11 is 0. The van der Waals surface area contributed by atoms with Gasteiger partial charge in [0.05, 0.1) is 27.0 Å². The van der Waals surface area contributed by atoms with Crippen molar-refractivity contribution in [3.63, 3.8) is 0 Å². The van der Waals surface area contributed by atoms with Crippen LogP contribution < -0.4 is 24.3 Å². The van der Waals surface area contributed by atoms with Crippen LogP contribution in [0, 0.1) is 11.3 Å². The van der Waals surface area contributed by atoms with Crippen molar-refractivity contribution in [2.24, 2.45) is 0 Å². The van der Waals surface area contributed by atoms with Crippen molar-refractivity contribution in [1.82, 2.24) is 0 Å². The number of para-hydroxylation sites is 3. The van der Waals surface area contributed by atoms with Gasteiger partial charge in [-0.05, 0) is 48.0 Å². The van der Waals surface area contributed by atoms with E-state index in [0.717, 1.165) is 0 Å². The van der Waals surface area contributed by atoms with E-state index in [1.54, 1.807) is 36.4 Å². The summed E-state index contributed by atoms with van der Waals surface area (Å²) in [5.74, 6) is 1.75. The lowest BCUT2D eigenvalue weighted by Gasteiger charge is -2.13. The zero-order valence-electron chi connectivity index (χ0n) is 17.9. The van der Waals surface area contributed by atoms with Crippen molar-refractivity contribution in [3.8, 4) is 34.8 Å². The Hall–Kier alpha value is -4.44. The number of rotatable bonds is 8. The molecule has 0 radical (unpaired) electrons. The number of anilines is 1. The van der Waals surface area contributed by atoms with Gasteiger partial charge in [-0.25, -0.2) is 0 Å². The third-order valence-electron chi connectivity index (χ3n) is 4.47. The molecule has 3 rings (SSSR count). The first-order valence-electron chi connectivity index (χ1n) is 9.64. The molecule has 0 aromatic heterocycles. The van der Waals surface area contributed by atoms with Crippen LogP contribution in [0.25, 0.3) is 6.08 Å². The molecule has 1 amide bonds. The molecule has 0 fully saturated rings. The molecule has 7 nitrogen and oxygen atoms in total. The Labute approximate surface area is 186 Å². The minimum atomic E-state index is -0.578. The predicted molar refractivity (Wildman–Crippen MR) is 121 cm³/mol. The highest BCUT2D eigenvalue weighted by atomic mass is 16.5. The third-order valence-corrected chi connectivity index (χ3v) is 4.47. The molecule has 0 saturated heterocycles. The highest BCUT2D eigenvalue weighted by Crippen LogP contribution is 2.38. The first kappa shape index (κ1) is 22.2. The quantitative estimate of drug-likeness (QED) is 0.397. The summed E-state index contributed by atoms with van der Waals surface area (Å²) in [5.41, 5.74) is 0.876. The molecule has 0 heterocycles. The molecule has 162 valence electrons. The molecule has 3 aromatic carbocycles. The highest BCUT2D eigenvalue weighted by Gasteiger charge is 2.16. The van der Waals surface area contributed by atoms with Crippen molar-refractivity contribution in [2.75, 3.05) is 26.6 Å². The summed E-state index contributed by atoms with van der Waals surface area (Å²) in [6.45, 7) is 0. The number of hydrogen-bond donors (Lipinski definition) is 1. The van der Waals surface area contributed by atoms with E-state index in [1.807, 2.05) is 36.4 Å². The zero-order valence-corrected chi connectivity index (χ0v) is 17.9. The van der Waals surface area contributed by atoms with Crippen LogP contribution in [-0.2, 0) is 4.79 Å². The second-order valence-corrected chi connectivity index (χ2v) is 6.49. The Morgan fingerprint density at radius 3 is 2.09 bits per heavy atom. The molecule has 7 heteroatoms. The molecule has 0 bridgehead atoms. The minimum Gasteiger partial charge on any atom is -0.493 e. The highest BCUT2D eigenvalue weighted by molar-refractivity contribution is 6.10. The van der Waals surface area contributed by atoms with Crippen LogP contribution in [0.3, 0.4) is 0 Å². The van der Waals surface area contributed by atoms with E-state index in [9.17, 15) is 10.1 Å². The van der Waals surface area contributed by atoms with Gasteiger partial charge in [0.1, 0.15) is 17.4 Å². The number of carbonyl (C=O) groups is 1. The standard InChI is InChI=1S/C25H22N2O5/c1-29-22-14-17(15-23(30-2)24(22)31-3)13-18(16-26)25(28)27-20-11-7-8-12-21(20)32-19-9-5-4-6-10-19/h4-15H,1-3H3,(H,27,28)/b18-13+. The van der Waals surface area contributed by atoms with Crippen molar-refractivity contribution >= 4 is 17.7 Å². The maximum absolute atomic E-state index is 12.8. The Morgan fingerprint density at radius 2 is 1.50 bits per heavy atom. The van der Waals surface area contributed by atoms with Crippen molar-refractivity contribution in [2.45, 2.75) is 0 Å². The minimum absolute atomic E-state index is 0.103. The average Bonchev–Trinajstić information content (AvgIpc) is 2.83. The maximum atomic E-state index is 12.8. The molecular formula is C25H22N2O5. The molecular weight excluding hydrogens is 408 g/mol. The lowest BCUT2D eigenvalue weighted by molar-refractivity contribution is -0.112. The molecule has 0 saturated carbocycles. The topological polar surface area (TPSA) is 89.8 Å². The zero-order chi connectivity index (χ0) is 22.9. The van der Waals surface area contributed by atoms with E-state index >= 15 is 0 Å². The Kier molecular flexibility index (Phi) is 7.33. The second kappa shape index (κ2) is 10.5. The van der Waals surface area contributed by atoms with Gasteiger partial charge in [-0.15, -0.1) is 0 Å². The average molecular weight is 430 g/mol. The number of amides is 1. The van der Waals surface area contributed by atoms with Gasteiger partial charge >= 0.3 is 0 Å². The van der Waals surface area contributed by atoms with Gasteiger partial charge in [0.15, 0.2) is 17.2 Å². The first-order chi connectivity index (χ1) is 15.6. The monoisotopic (exact) mass is 430 g/mol. The first-order valence-corrected chi connectivity index (χ1v) is 9.64. The van der Waals surface area contributed by atoms with Crippen LogP contribution in [-0.4, -0.2) is 27.2 Å². The van der Waals surface area contributed by atoms with Gasteiger partial charge in [-0.2, -0.15) is 5.26 Å². The Bertz CT molecular complexity index is 1140. The van der Waals surface area contributed by atoms with Crippen LogP contribution >= 0.6 is 0 Å². The molecule has 0 aliphatic carbocycles. The van der Waals surface area contributed by atoms with Gasteiger partial charge in [-0.1, -0.05) is 30.3 Å². The van der Waals surface area contributed by atoms with E-state index in [-0.39, 0.29) is 5.57 Å². The van der Waals surface area contributed by atoms with Crippen LogP contribution in [0.15, 0.2) is 72.3 Å². The number of hydrogen-bond acceptors (Lipinski definition) is 6. The van der Waals surface area contributed by atoms with E-state index in [1.165, 1.54) is 27.4 Å². The van der Waals surface area contributed by atoms with E-state index < -0.39 is 5.91 Å². The lowest BCUT2D eigenvalue weighted by atomic mass is 10.1. The lowest BCUT2D eigenvalue weighted by Crippen LogP contribution is -2.14. The molecule has 1 N–H and O–H groups in total. The Morgan fingerprint density at radius 1 is 0.875 bits per heavy atom. The number of nitriles is 1. The number of nitrogens with zero attached hydrogens (tertiary/aromatic N) is 1. The summed E-state index contributed by atoms with van der Waals surface area (Å²) in [5, 5.41) is 12.3. The SMILES string of the molecule is COc1cc(/C=C(\C#N)C(=O)Nc2ccccc2Oc2ccccc2)cc(OC)c1OC. The fourth-order valence-corrected chi connectivity index (χ4v) is 2.96. The second-order valence-electron chi connectivity index (χ2n) is 6.49. The summed E-state index contributed by atoms with van der Waals surface area (Å²) in [6, 6.07) is 21.4. The van der Waals surface area contributed by atoms with Crippen LogP contribution in [0.5, 0.6) is 28.7 Å². The third kappa shape index (κ3) is 5.18. The fraction of sp³-hybridized carbons (Fsp3) is 0.120. The maximum Gasteiger partial charge on any atom is 0.266 e. The molecule has 3 aromatic rings. The summed E-state index contributed by atoms with van der Waals surface area (Å²) in [7, 11) is 4.48. The molecule has 0 atom stereocenters. The number of nitrogens with one attached hydrogen (secondary N) is 1. The number of ether oxygens (including phenoxy) is 4. The molecule has 0 unspecified atom stereocenters. The summed E-state index contributed by atoms with van der Waals surface area (Å²) < 4.78 is 21.8. The van der Waals surface area contributed by atoms with Gasteiger partial charge in [0, 0.05) is 0 Å². The van der Waals surface area contributed by atoms with Crippen molar-refractivity contribution in [1.29, 1.82) is 5.26 Å². The molecule has 0 aliphatic heterocycles. The van der Waals surface area contributed by atoms with Crippen LogP contribution in [0.4, 0.5) is 5.69 Å². The Balaban J connectivity index is 1.88. The number of carbonyl (C=O) groups excluding carboxylic acids is 1. The van der Waals surface area contributed by atoms with Gasteiger partial charge < -0.3 is 24.3 Å². The summed E-state index contributed by atoms with van der Waals surface area (Å²) in [4.78, 5) is 12.8. The van der Waals surface area contributed by atoms with Crippen molar-refractivity contribution < 1.29 is 23.7 Å². The van der Waals surface area contributed by atoms with Crippen LogP contribution in [0.1, 0.15) is 5.56 Å². The summed E-state index contributed by atoms with van der Waals surface area (Å²) in [6.07, 6.45) is 1.44.